The summed E-state index contributed by atoms with van der Waals surface area (Å²) in [6.07, 6.45) is -2.91. The van der Waals surface area contributed by atoms with Crippen molar-refractivity contribution in [2.45, 2.75) is 13.3 Å². The molecule has 1 aromatic rings. The fourth-order valence-electron chi connectivity index (χ4n) is 1.32. The Balaban J connectivity index is 3.33. The van der Waals surface area contributed by atoms with E-state index >= 15 is 0 Å². The predicted molar refractivity (Wildman–Crippen MR) is 58.3 cm³/mol. The highest BCUT2D eigenvalue weighted by Gasteiger charge is 2.24. The van der Waals surface area contributed by atoms with Crippen molar-refractivity contribution in [1.82, 2.24) is 4.98 Å². The molecule has 0 amide bonds. The lowest BCUT2D eigenvalue weighted by atomic mass is 10.2. The van der Waals surface area contributed by atoms with E-state index in [-0.39, 0.29) is 23.8 Å². The first kappa shape index (κ1) is 14.1. The molecule has 0 aliphatic heterocycles. The van der Waals surface area contributed by atoms with Crippen molar-refractivity contribution in [3.05, 3.63) is 17.3 Å². The van der Waals surface area contributed by atoms with Gasteiger partial charge in [0.1, 0.15) is 5.69 Å². The van der Waals surface area contributed by atoms with Crippen molar-refractivity contribution in [3.8, 4) is 11.6 Å². The molecular weight excluding hydrogens is 248 g/mol. The number of aromatic nitrogens is 1. The number of ether oxygens (including phenoxy) is 3. The highest BCUT2D eigenvalue weighted by atomic mass is 19.3. The number of halogens is 2. The van der Waals surface area contributed by atoms with Gasteiger partial charge in [-0.3, -0.25) is 0 Å². The molecule has 1 heterocycles. The van der Waals surface area contributed by atoms with E-state index in [1.807, 2.05) is 0 Å². The summed E-state index contributed by atoms with van der Waals surface area (Å²) in [5.41, 5.74) is -1.02. The molecule has 1 rings (SSSR count). The molecule has 0 fully saturated rings. The fourth-order valence-corrected chi connectivity index (χ4v) is 1.32. The molecule has 0 saturated heterocycles. The Morgan fingerprint density at radius 1 is 1.39 bits per heavy atom. The van der Waals surface area contributed by atoms with Crippen LogP contribution in [0.2, 0.25) is 0 Å². The minimum absolute atomic E-state index is 0.0792. The number of alkyl halides is 2. The normalized spacial score (nSPS) is 10.3. The number of rotatable bonds is 5. The Kier molecular flexibility index (Phi) is 4.82. The second-order valence-electron chi connectivity index (χ2n) is 3.15. The van der Waals surface area contributed by atoms with Gasteiger partial charge in [-0.05, 0) is 6.92 Å². The lowest BCUT2D eigenvalue weighted by Gasteiger charge is -2.12. The molecule has 0 bridgehead atoms. The summed E-state index contributed by atoms with van der Waals surface area (Å²) in [5, 5.41) is 0. The van der Waals surface area contributed by atoms with Gasteiger partial charge < -0.3 is 14.2 Å². The van der Waals surface area contributed by atoms with Crippen molar-refractivity contribution < 1.29 is 27.8 Å². The first-order chi connectivity index (χ1) is 8.54. The first-order valence-electron chi connectivity index (χ1n) is 5.13. The molecule has 0 aliphatic carbocycles. The SMILES string of the molecule is CCOC(=O)c1cc(OC)c(OC)nc1C(F)F. The number of carbonyl (C=O) groups excluding carboxylic acids is 1. The Hall–Kier alpha value is -1.92. The zero-order valence-electron chi connectivity index (χ0n) is 10.2. The van der Waals surface area contributed by atoms with E-state index in [4.69, 9.17) is 9.47 Å². The van der Waals surface area contributed by atoms with Gasteiger partial charge >= 0.3 is 5.97 Å². The zero-order chi connectivity index (χ0) is 13.7. The molecule has 0 unspecified atom stereocenters. The van der Waals surface area contributed by atoms with Crippen molar-refractivity contribution in [2.24, 2.45) is 0 Å². The largest absolute Gasteiger partial charge is 0.491 e. The predicted octanol–water partition coefficient (Wildman–Crippen LogP) is 2.21. The van der Waals surface area contributed by atoms with Gasteiger partial charge in [0, 0.05) is 6.07 Å². The summed E-state index contributed by atoms with van der Waals surface area (Å²) in [6.45, 7) is 1.66. The number of pyridine rings is 1. The minimum Gasteiger partial charge on any atom is -0.491 e. The lowest BCUT2D eigenvalue weighted by Crippen LogP contribution is -2.11. The number of methoxy groups -OCH3 is 2. The van der Waals surface area contributed by atoms with Gasteiger partial charge in [0.05, 0.1) is 26.4 Å². The molecule has 5 nitrogen and oxygen atoms in total. The molecule has 0 aromatic carbocycles. The monoisotopic (exact) mass is 261 g/mol. The van der Waals surface area contributed by atoms with Gasteiger partial charge in [0.25, 0.3) is 12.3 Å². The number of hydrogen-bond acceptors (Lipinski definition) is 5. The van der Waals surface area contributed by atoms with Crippen LogP contribution in [0.25, 0.3) is 0 Å². The van der Waals surface area contributed by atoms with E-state index < -0.39 is 18.1 Å². The fraction of sp³-hybridized carbons (Fsp3) is 0.455. The average molecular weight is 261 g/mol. The van der Waals surface area contributed by atoms with Crippen LogP contribution < -0.4 is 9.47 Å². The molecule has 0 radical (unpaired) electrons. The van der Waals surface area contributed by atoms with Crippen LogP contribution in [0.5, 0.6) is 11.6 Å². The van der Waals surface area contributed by atoms with E-state index in [2.05, 4.69) is 9.72 Å². The molecule has 0 saturated carbocycles. The summed E-state index contributed by atoms with van der Waals surface area (Å²) in [6, 6.07) is 1.13. The summed E-state index contributed by atoms with van der Waals surface area (Å²) < 4.78 is 40.0. The van der Waals surface area contributed by atoms with Gasteiger partial charge in [-0.15, -0.1) is 0 Å². The van der Waals surface area contributed by atoms with Crippen LogP contribution in [0.15, 0.2) is 6.07 Å². The van der Waals surface area contributed by atoms with Crippen molar-refractivity contribution in [2.75, 3.05) is 20.8 Å². The lowest BCUT2D eigenvalue weighted by molar-refractivity contribution is 0.0512. The molecule has 0 N–H and O–H groups in total. The second-order valence-corrected chi connectivity index (χ2v) is 3.15. The Morgan fingerprint density at radius 2 is 2.06 bits per heavy atom. The topological polar surface area (TPSA) is 57.7 Å². The van der Waals surface area contributed by atoms with Crippen molar-refractivity contribution >= 4 is 5.97 Å². The van der Waals surface area contributed by atoms with Gasteiger partial charge in [-0.25, -0.2) is 18.6 Å². The van der Waals surface area contributed by atoms with Crippen LogP contribution in [-0.2, 0) is 4.74 Å². The Morgan fingerprint density at radius 3 is 2.50 bits per heavy atom. The number of carbonyl (C=O) groups is 1. The summed E-state index contributed by atoms with van der Waals surface area (Å²) in [7, 11) is 2.58. The van der Waals surface area contributed by atoms with Crippen molar-refractivity contribution in [3.63, 3.8) is 0 Å². The van der Waals surface area contributed by atoms with Crippen LogP contribution >= 0.6 is 0 Å². The molecule has 0 spiro atoms. The third kappa shape index (κ3) is 2.85. The maximum Gasteiger partial charge on any atom is 0.340 e. The Bertz CT molecular complexity index is 437. The quantitative estimate of drug-likeness (QED) is 0.760. The molecular formula is C11H13F2NO4. The molecule has 0 atom stereocenters. The summed E-state index contributed by atoms with van der Waals surface area (Å²) in [5.74, 6) is -0.896. The van der Waals surface area contributed by atoms with Crippen LogP contribution in [0.3, 0.4) is 0 Å². The van der Waals surface area contributed by atoms with E-state index in [1.165, 1.54) is 14.2 Å². The highest BCUT2D eigenvalue weighted by Crippen LogP contribution is 2.31. The number of nitrogens with zero attached hydrogens (tertiary/aromatic N) is 1. The molecule has 100 valence electrons. The summed E-state index contributed by atoms with van der Waals surface area (Å²) in [4.78, 5) is 15.1. The van der Waals surface area contributed by atoms with Gasteiger partial charge in [0.2, 0.25) is 0 Å². The minimum atomic E-state index is -2.91. The van der Waals surface area contributed by atoms with Crippen LogP contribution in [-0.4, -0.2) is 31.8 Å². The number of hydrogen-bond donors (Lipinski definition) is 0. The van der Waals surface area contributed by atoms with Crippen molar-refractivity contribution in [1.29, 1.82) is 0 Å². The molecule has 18 heavy (non-hydrogen) atoms. The maximum atomic E-state index is 12.8. The third-order valence-corrected chi connectivity index (χ3v) is 2.10. The zero-order valence-corrected chi connectivity index (χ0v) is 10.2. The average Bonchev–Trinajstić information content (AvgIpc) is 2.37. The molecule has 1 aromatic heterocycles. The van der Waals surface area contributed by atoms with E-state index in [0.29, 0.717) is 0 Å². The van der Waals surface area contributed by atoms with E-state index in [9.17, 15) is 13.6 Å². The van der Waals surface area contributed by atoms with Gasteiger partial charge in [-0.2, -0.15) is 0 Å². The highest BCUT2D eigenvalue weighted by molar-refractivity contribution is 5.91. The van der Waals surface area contributed by atoms with Crippen LogP contribution in [0.4, 0.5) is 8.78 Å². The third-order valence-electron chi connectivity index (χ3n) is 2.10. The maximum absolute atomic E-state index is 12.8. The Labute approximate surface area is 103 Å². The second kappa shape index (κ2) is 6.13. The van der Waals surface area contributed by atoms with E-state index in [1.54, 1.807) is 6.92 Å². The number of esters is 1. The first-order valence-corrected chi connectivity index (χ1v) is 5.13. The van der Waals surface area contributed by atoms with E-state index in [0.717, 1.165) is 6.07 Å². The standard InChI is InChI=1S/C11H13F2NO4/c1-4-18-11(15)6-5-7(16-2)10(17-3)14-8(6)9(12)13/h5,9H,4H2,1-3H3. The molecule has 7 heteroatoms. The smallest absolute Gasteiger partial charge is 0.340 e. The van der Waals surface area contributed by atoms with Crippen LogP contribution in [0.1, 0.15) is 29.4 Å². The summed E-state index contributed by atoms with van der Waals surface area (Å²) >= 11 is 0. The molecule has 0 aliphatic rings. The van der Waals surface area contributed by atoms with Gasteiger partial charge in [0.15, 0.2) is 5.75 Å². The van der Waals surface area contributed by atoms with Crippen LogP contribution in [0, 0.1) is 0 Å². The van der Waals surface area contributed by atoms with Gasteiger partial charge in [-0.1, -0.05) is 0 Å².